The van der Waals surface area contributed by atoms with E-state index in [9.17, 15) is 13.2 Å². The van der Waals surface area contributed by atoms with Gasteiger partial charge in [0.15, 0.2) is 9.84 Å². The highest BCUT2D eigenvalue weighted by Crippen LogP contribution is 2.18. The number of carbonyl (C=O) groups is 1. The molecule has 0 aromatic rings. The molecule has 0 bridgehead atoms. The third kappa shape index (κ3) is 3.71. The zero-order valence-corrected chi connectivity index (χ0v) is 11.6. The highest BCUT2D eigenvalue weighted by atomic mass is 79.9. The molecule has 0 N–H and O–H groups in total. The van der Waals surface area contributed by atoms with Crippen LogP contribution in [0, 0.1) is 0 Å². The predicted molar refractivity (Wildman–Crippen MR) is 64.4 cm³/mol. The summed E-state index contributed by atoms with van der Waals surface area (Å²) in [5.41, 5.74) is 0. The Kier molecular flexibility index (Phi) is 5.20. The molecule has 0 aromatic heterocycles. The molecule has 1 aliphatic heterocycles. The van der Waals surface area contributed by atoms with E-state index in [2.05, 4.69) is 15.9 Å². The molecule has 5 nitrogen and oxygen atoms in total. The largest absolute Gasteiger partial charge is 0.383 e. The number of nitrogens with zero attached hydrogens (tertiary/aromatic N) is 1. The summed E-state index contributed by atoms with van der Waals surface area (Å²) in [6.45, 7) is 0.871. The molecule has 1 atom stereocenters. The second kappa shape index (κ2) is 5.97. The van der Waals surface area contributed by atoms with Gasteiger partial charge < -0.3 is 9.64 Å². The maximum atomic E-state index is 11.6. The van der Waals surface area contributed by atoms with Crippen LogP contribution < -0.4 is 0 Å². The third-order valence-corrected chi connectivity index (χ3v) is 4.85. The van der Waals surface area contributed by atoms with Gasteiger partial charge in [-0.05, 0) is 6.42 Å². The van der Waals surface area contributed by atoms with Crippen molar-refractivity contribution in [3.05, 3.63) is 0 Å². The number of methoxy groups -OCH3 is 1. The normalized spacial score (nSPS) is 23.2. The van der Waals surface area contributed by atoms with Gasteiger partial charge in [0.25, 0.3) is 0 Å². The summed E-state index contributed by atoms with van der Waals surface area (Å²) in [5, 5.41) is 0.216. The quantitative estimate of drug-likeness (QED) is 0.673. The lowest BCUT2D eigenvalue weighted by Crippen LogP contribution is -2.43. The number of hydrogen-bond donors (Lipinski definition) is 0. The molecule has 1 unspecified atom stereocenters. The Morgan fingerprint density at radius 1 is 1.56 bits per heavy atom. The van der Waals surface area contributed by atoms with Crippen LogP contribution in [-0.2, 0) is 19.4 Å². The maximum absolute atomic E-state index is 11.6. The fourth-order valence-corrected chi connectivity index (χ4v) is 3.85. The lowest BCUT2D eigenvalue weighted by Gasteiger charge is -2.27. The topological polar surface area (TPSA) is 63.7 Å². The Hall–Kier alpha value is -0.140. The molecule has 0 aliphatic carbocycles. The van der Waals surface area contributed by atoms with Gasteiger partial charge in [-0.2, -0.15) is 0 Å². The van der Waals surface area contributed by atoms with Crippen LogP contribution in [-0.4, -0.2) is 62.4 Å². The van der Waals surface area contributed by atoms with E-state index in [0.29, 0.717) is 19.6 Å². The number of hydrogen-bond acceptors (Lipinski definition) is 4. The summed E-state index contributed by atoms with van der Waals surface area (Å²) in [7, 11) is -1.40. The van der Waals surface area contributed by atoms with Crippen molar-refractivity contribution in [3.8, 4) is 0 Å². The lowest BCUT2D eigenvalue weighted by molar-refractivity contribution is -0.130. The van der Waals surface area contributed by atoms with Crippen LogP contribution >= 0.6 is 15.9 Å². The molecule has 1 fully saturated rings. The van der Waals surface area contributed by atoms with Crippen LogP contribution in [0.5, 0.6) is 0 Å². The average molecular weight is 314 g/mol. The first-order valence-corrected chi connectivity index (χ1v) is 7.99. The molecule has 0 saturated carbocycles. The minimum Gasteiger partial charge on any atom is -0.383 e. The fraction of sp³-hybridized carbons (Fsp3) is 0.889. The van der Waals surface area contributed by atoms with E-state index in [0.717, 1.165) is 0 Å². The first-order valence-electron chi connectivity index (χ1n) is 5.05. The van der Waals surface area contributed by atoms with Crippen molar-refractivity contribution in [2.75, 3.05) is 37.1 Å². The molecule has 1 rings (SSSR count). The van der Waals surface area contributed by atoms with E-state index in [1.165, 1.54) is 0 Å². The van der Waals surface area contributed by atoms with Crippen molar-refractivity contribution in [2.24, 2.45) is 0 Å². The summed E-state index contributed by atoms with van der Waals surface area (Å²) in [4.78, 5) is 13.2. The van der Waals surface area contributed by atoms with Crippen molar-refractivity contribution >= 4 is 31.7 Å². The molecular formula is C9H16BrNO4S. The Bertz CT molecular complexity index is 343. The average Bonchev–Trinajstić information content (AvgIpc) is 2.59. The van der Waals surface area contributed by atoms with Gasteiger partial charge in [0.2, 0.25) is 5.91 Å². The third-order valence-electron chi connectivity index (χ3n) is 2.62. The molecule has 0 aromatic carbocycles. The van der Waals surface area contributed by atoms with Crippen molar-refractivity contribution in [1.29, 1.82) is 0 Å². The van der Waals surface area contributed by atoms with Crippen LogP contribution in [0.25, 0.3) is 0 Å². The zero-order valence-electron chi connectivity index (χ0n) is 9.19. The number of carbonyl (C=O) groups excluding carboxylic acids is 1. The zero-order chi connectivity index (χ0) is 12.2. The van der Waals surface area contributed by atoms with Crippen LogP contribution in [0.2, 0.25) is 0 Å². The van der Waals surface area contributed by atoms with E-state index in [1.807, 2.05) is 0 Å². The summed E-state index contributed by atoms with van der Waals surface area (Å²) in [6, 6.07) is -0.190. The molecule has 1 aliphatic rings. The van der Waals surface area contributed by atoms with Gasteiger partial charge in [-0.25, -0.2) is 8.42 Å². The highest BCUT2D eigenvalue weighted by molar-refractivity contribution is 9.09. The van der Waals surface area contributed by atoms with E-state index < -0.39 is 9.84 Å². The summed E-state index contributed by atoms with van der Waals surface area (Å²) >= 11 is 3.10. The van der Waals surface area contributed by atoms with Crippen molar-refractivity contribution in [1.82, 2.24) is 4.90 Å². The lowest BCUT2D eigenvalue weighted by atomic mass is 10.2. The summed E-state index contributed by atoms with van der Waals surface area (Å²) in [6.07, 6.45) is 0.533. The fourth-order valence-electron chi connectivity index (χ4n) is 1.80. The maximum Gasteiger partial charge on any atom is 0.233 e. The monoisotopic (exact) mass is 313 g/mol. The van der Waals surface area contributed by atoms with E-state index in [1.54, 1.807) is 12.0 Å². The number of ether oxygens (including phenoxy) is 1. The molecule has 1 heterocycles. The predicted octanol–water partition coefficient (Wildman–Crippen LogP) is 0.0434. The second-order valence-corrected chi connectivity index (χ2v) is 6.56. The van der Waals surface area contributed by atoms with Gasteiger partial charge in [0, 0.05) is 19.7 Å². The highest BCUT2D eigenvalue weighted by Gasteiger charge is 2.33. The summed E-state index contributed by atoms with van der Waals surface area (Å²) in [5.74, 6) is 0.172. The van der Waals surface area contributed by atoms with Crippen molar-refractivity contribution in [2.45, 2.75) is 12.5 Å². The Labute approximate surface area is 104 Å². The minimum atomic E-state index is -2.96. The van der Waals surface area contributed by atoms with Crippen LogP contribution in [0.4, 0.5) is 0 Å². The van der Waals surface area contributed by atoms with E-state index in [-0.39, 0.29) is 28.8 Å². The van der Waals surface area contributed by atoms with Gasteiger partial charge in [0.05, 0.1) is 23.4 Å². The van der Waals surface area contributed by atoms with Gasteiger partial charge in [0.1, 0.15) is 0 Å². The Balaban J connectivity index is 2.66. The smallest absolute Gasteiger partial charge is 0.233 e. The second-order valence-electron chi connectivity index (χ2n) is 3.77. The van der Waals surface area contributed by atoms with Crippen LogP contribution in [0.1, 0.15) is 6.42 Å². The molecule has 16 heavy (non-hydrogen) atoms. The van der Waals surface area contributed by atoms with Crippen LogP contribution in [0.15, 0.2) is 0 Å². The van der Waals surface area contributed by atoms with Gasteiger partial charge >= 0.3 is 0 Å². The van der Waals surface area contributed by atoms with Gasteiger partial charge in [-0.1, -0.05) is 15.9 Å². The van der Waals surface area contributed by atoms with Crippen molar-refractivity contribution < 1.29 is 17.9 Å². The SMILES string of the molecule is COCCN(C(=O)CBr)C1CCS(=O)(=O)C1. The van der Waals surface area contributed by atoms with Crippen molar-refractivity contribution in [3.63, 3.8) is 0 Å². The number of alkyl halides is 1. The number of halogens is 1. The molecule has 1 amide bonds. The molecule has 7 heteroatoms. The van der Waals surface area contributed by atoms with Gasteiger partial charge in [-0.3, -0.25) is 4.79 Å². The first-order chi connectivity index (χ1) is 7.50. The molecular weight excluding hydrogens is 298 g/mol. The molecule has 0 radical (unpaired) electrons. The van der Waals surface area contributed by atoms with Gasteiger partial charge in [-0.15, -0.1) is 0 Å². The molecule has 94 valence electrons. The molecule has 0 spiro atoms. The summed E-state index contributed by atoms with van der Waals surface area (Å²) < 4.78 is 27.6. The number of sulfone groups is 1. The molecule has 1 saturated heterocycles. The first kappa shape index (κ1) is 13.9. The number of amides is 1. The number of rotatable bonds is 5. The standard InChI is InChI=1S/C9H16BrNO4S/c1-15-4-3-11(9(12)6-10)8-2-5-16(13,14)7-8/h8H,2-7H2,1H3. The Morgan fingerprint density at radius 3 is 2.69 bits per heavy atom. The van der Waals surface area contributed by atoms with E-state index in [4.69, 9.17) is 4.74 Å². The van der Waals surface area contributed by atoms with Crippen LogP contribution in [0.3, 0.4) is 0 Å². The Morgan fingerprint density at radius 2 is 2.25 bits per heavy atom. The minimum absolute atomic E-state index is 0.0788. The van der Waals surface area contributed by atoms with E-state index >= 15 is 0 Å².